The maximum Gasteiger partial charge on any atom is 0.343 e. The number of methoxy groups -OCH3 is 1. The van der Waals surface area contributed by atoms with E-state index in [0.29, 0.717) is 11.3 Å². The van der Waals surface area contributed by atoms with Crippen LogP contribution in [0.2, 0.25) is 0 Å². The maximum atomic E-state index is 13.1. The van der Waals surface area contributed by atoms with Crippen LogP contribution in [0.1, 0.15) is 23.0 Å². The van der Waals surface area contributed by atoms with Gasteiger partial charge in [0.1, 0.15) is 18.0 Å². The van der Waals surface area contributed by atoms with E-state index in [4.69, 9.17) is 4.74 Å². The van der Waals surface area contributed by atoms with Crippen molar-refractivity contribution >= 4 is 11.9 Å². The molecule has 6 nitrogen and oxygen atoms in total. The number of aromatic nitrogens is 1. The zero-order valence-corrected chi connectivity index (χ0v) is 12.5. The summed E-state index contributed by atoms with van der Waals surface area (Å²) in [6.07, 6.45) is 1.19. The second kappa shape index (κ2) is 6.87. The first-order valence-corrected chi connectivity index (χ1v) is 6.66. The van der Waals surface area contributed by atoms with Crippen LogP contribution in [0, 0.1) is 5.82 Å². The third-order valence-corrected chi connectivity index (χ3v) is 3.12. The fourth-order valence-electron chi connectivity index (χ4n) is 2.04. The number of H-pyrrole nitrogens is 1. The highest BCUT2D eigenvalue weighted by atomic mass is 19.1. The number of aromatic amines is 1. The summed E-state index contributed by atoms with van der Waals surface area (Å²) in [5.41, 5.74) is 0.0157. The Balaban J connectivity index is 2.61. The first-order valence-electron chi connectivity index (χ1n) is 6.66. The van der Waals surface area contributed by atoms with Crippen molar-refractivity contribution in [2.24, 2.45) is 0 Å². The summed E-state index contributed by atoms with van der Waals surface area (Å²) < 4.78 is 22.5. The van der Waals surface area contributed by atoms with Crippen LogP contribution in [-0.2, 0) is 20.9 Å². The Kier molecular flexibility index (Phi) is 4.90. The van der Waals surface area contributed by atoms with Crippen LogP contribution < -0.4 is 5.43 Å². The summed E-state index contributed by atoms with van der Waals surface area (Å²) in [7, 11) is 1.16. The van der Waals surface area contributed by atoms with Gasteiger partial charge in [-0.3, -0.25) is 9.59 Å². The van der Waals surface area contributed by atoms with E-state index in [1.807, 2.05) is 0 Å². The van der Waals surface area contributed by atoms with Crippen LogP contribution in [0.15, 0.2) is 35.3 Å². The van der Waals surface area contributed by atoms with Crippen molar-refractivity contribution in [2.45, 2.75) is 13.5 Å². The molecule has 0 atom stereocenters. The molecule has 0 aliphatic carbocycles. The number of hydrogen-bond acceptors (Lipinski definition) is 5. The van der Waals surface area contributed by atoms with Gasteiger partial charge in [0.15, 0.2) is 0 Å². The number of benzene rings is 1. The molecule has 0 saturated heterocycles. The van der Waals surface area contributed by atoms with Gasteiger partial charge in [-0.15, -0.1) is 0 Å². The first-order chi connectivity index (χ1) is 10.9. The SMILES string of the molecule is COC(=O)c1c[nH]c(COC(C)=O)c(-c2ccc(F)cc2)c1=O. The molecule has 0 fully saturated rings. The van der Waals surface area contributed by atoms with E-state index in [0.717, 1.165) is 7.11 Å². The van der Waals surface area contributed by atoms with E-state index in [1.54, 1.807) is 0 Å². The van der Waals surface area contributed by atoms with Crippen LogP contribution in [0.5, 0.6) is 0 Å². The Morgan fingerprint density at radius 2 is 1.87 bits per heavy atom. The summed E-state index contributed by atoms with van der Waals surface area (Å²) in [5.74, 6) is -1.78. The minimum absolute atomic E-state index is 0.120. The molecule has 0 saturated carbocycles. The number of nitrogens with one attached hydrogen (secondary N) is 1. The standard InChI is InChI=1S/C16H14FNO5/c1-9(19)23-8-13-14(10-3-5-11(17)6-4-10)15(20)12(7-18-13)16(21)22-2/h3-7H,8H2,1-2H3,(H,18,20). The third kappa shape index (κ3) is 3.63. The minimum atomic E-state index is -0.798. The zero-order valence-electron chi connectivity index (χ0n) is 12.5. The molecule has 1 aromatic heterocycles. The predicted octanol–water partition coefficient (Wildman–Crippen LogP) is 2.03. The monoisotopic (exact) mass is 319 g/mol. The van der Waals surface area contributed by atoms with Crippen molar-refractivity contribution < 1.29 is 23.5 Å². The number of esters is 2. The Morgan fingerprint density at radius 3 is 2.43 bits per heavy atom. The second-order valence-electron chi connectivity index (χ2n) is 4.66. The number of pyridine rings is 1. The summed E-state index contributed by atoms with van der Waals surface area (Å²) >= 11 is 0. The molecule has 0 aliphatic heterocycles. The number of rotatable bonds is 4. The maximum absolute atomic E-state index is 13.1. The highest BCUT2D eigenvalue weighted by molar-refractivity contribution is 5.90. The normalized spacial score (nSPS) is 10.2. The van der Waals surface area contributed by atoms with Gasteiger partial charge in [-0.1, -0.05) is 12.1 Å². The summed E-state index contributed by atoms with van der Waals surface area (Å²) in [6.45, 7) is 1.05. The van der Waals surface area contributed by atoms with Crippen molar-refractivity contribution in [1.82, 2.24) is 4.98 Å². The van der Waals surface area contributed by atoms with Gasteiger partial charge in [-0.2, -0.15) is 0 Å². The summed E-state index contributed by atoms with van der Waals surface area (Å²) in [5, 5.41) is 0. The van der Waals surface area contributed by atoms with Crippen LogP contribution in [0.4, 0.5) is 4.39 Å². The van der Waals surface area contributed by atoms with Gasteiger partial charge in [-0.25, -0.2) is 9.18 Å². The highest BCUT2D eigenvalue weighted by Gasteiger charge is 2.19. The van der Waals surface area contributed by atoms with Gasteiger partial charge in [0.25, 0.3) is 0 Å². The average Bonchev–Trinajstić information content (AvgIpc) is 2.53. The lowest BCUT2D eigenvalue weighted by molar-refractivity contribution is -0.142. The molecule has 0 unspecified atom stereocenters. The molecule has 7 heteroatoms. The molecule has 0 amide bonds. The molecular formula is C16H14FNO5. The van der Waals surface area contributed by atoms with Gasteiger partial charge >= 0.3 is 11.9 Å². The van der Waals surface area contributed by atoms with E-state index in [-0.39, 0.29) is 17.7 Å². The van der Waals surface area contributed by atoms with E-state index >= 15 is 0 Å². The van der Waals surface area contributed by atoms with Gasteiger partial charge in [0, 0.05) is 13.1 Å². The minimum Gasteiger partial charge on any atom is -0.465 e. The smallest absolute Gasteiger partial charge is 0.343 e. The van der Waals surface area contributed by atoms with E-state index in [1.165, 1.54) is 37.4 Å². The fraction of sp³-hybridized carbons (Fsp3) is 0.188. The van der Waals surface area contributed by atoms with Crippen molar-refractivity contribution in [1.29, 1.82) is 0 Å². The van der Waals surface area contributed by atoms with Crippen LogP contribution in [0.25, 0.3) is 11.1 Å². The summed E-state index contributed by atoms with van der Waals surface area (Å²) in [4.78, 5) is 38.0. The van der Waals surface area contributed by atoms with Crippen molar-refractivity contribution in [3.63, 3.8) is 0 Å². The Hall–Kier alpha value is -2.96. The Bertz CT molecular complexity index is 795. The molecule has 23 heavy (non-hydrogen) atoms. The first kappa shape index (κ1) is 16.4. The van der Waals surface area contributed by atoms with Gasteiger partial charge in [-0.05, 0) is 17.7 Å². The summed E-state index contributed by atoms with van der Waals surface area (Å²) in [6, 6.07) is 5.18. The topological polar surface area (TPSA) is 85.5 Å². The van der Waals surface area contributed by atoms with Crippen molar-refractivity contribution in [3.05, 3.63) is 57.8 Å². The molecule has 0 aliphatic rings. The van der Waals surface area contributed by atoms with Crippen LogP contribution in [0.3, 0.4) is 0 Å². The number of ether oxygens (including phenoxy) is 2. The molecule has 2 aromatic rings. The largest absolute Gasteiger partial charge is 0.465 e. The highest BCUT2D eigenvalue weighted by Crippen LogP contribution is 2.21. The molecular weight excluding hydrogens is 305 g/mol. The van der Waals surface area contributed by atoms with E-state index in [9.17, 15) is 18.8 Å². The van der Waals surface area contributed by atoms with Crippen molar-refractivity contribution in [3.8, 4) is 11.1 Å². The fourth-order valence-corrected chi connectivity index (χ4v) is 2.04. The van der Waals surface area contributed by atoms with Crippen LogP contribution >= 0.6 is 0 Å². The predicted molar refractivity (Wildman–Crippen MR) is 79.3 cm³/mol. The van der Waals surface area contributed by atoms with Crippen LogP contribution in [-0.4, -0.2) is 24.0 Å². The lowest BCUT2D eigenvalue weighted by Crippen LogP contribution is -2.21. The van der Waals surface area contributed by atoms with E-state index in [2.05, 4.69) is 9.72 Å². The molecule has 0 bridgehead atoms. The van der Waals surface area contributed by atoms with Gasteiger partial charge in [0.05, 0.1) is 18.4 Å². The van der Waals surface area contributed by atoms with Gasteiger partial charge < -0.3 is 14.5 Å². The molecule has 1 heterocycles. The molecule has 2 rings (SSSR count). The lowest BCUT2D eigenvalue weighted by Gasteiger charge is -2.11. The second-order valence-corrected chi connectivity index (χ2v) is 4.66. The molecule has 1 N–H and O–H groups in total. The molecule has 0 radical (unpaired) electrons. The number of carbonyl (C=O) groups is 2. The number of halogens is 1. The zero-order chi connectivity index (χ0) is 17.0. The number of carbonyl (C=O) groups excluding carboxylic acids is 2. The number of hydrogen-bond donors (Lipinski definition) is 1. The van der Waals surface area contributed by atoms with Gasteiger partial charge in [0.2, 0.25) is 5.43 Å². The Morgan fingerprint density at radius 1 is 1.22 bits per heavy atom. The van der Waals surface area contributed by atoms with E-state index < -0.39 is 23.2 Å². The third-order valence-electron chi connectivity index (χ3n) is 3.12. The molecule has 120 valence electrons. The Labute approximate surface area is 130 Å². The molecule has 1 aromatic carbocycles. The quantitative estimate of drug-likeness (QED) is 0.872. The molecule has 0 spiro atoms. The lowest BCUT2D eigenvalue weighted by atomic mass is 10.0. The average molecular weight is 319 g/mol. The van der Waals surface area contributed by atoms with Crippen molar-refractivity contribution in [2.75, 3.05) is 7.11 Å².